The summed E-state index contributed by atoms with van der Waals surface area (Å²) in [5.74, 6) is -1.90. The molecule has 0 radical (unpaired) electrons. The number of fused-ring (bicyclic) bond motifs is 1. The molecule has 1 aromatic heterocycles. The number of alkyl carbamates (subject to hydrolysis) is 1. The van der Waals surface area contributed by atoms with Gasteiger partial charge in [-0.15, -0.1) is 0 Å². The molecule has 0 spiro atoms. The summed E-state index contributed by atoms with van der Waals surface area (Å²) in [4.78, 5) is 61.2. The molecule has 18 heteroatoms. The minimum Gasteiger partial charge on any atom is -0.497 e. The lowest BCUT2D eigenvalue weighted by atomic mass is 9.85. The van der Waals surface area contributed by atoms with Gasteiger partial charge in [0.25, 0.3) is 15.9 Å². The lowest BCUT2D eigenvalue weighted by Gasteiger charge is -2.36. The number of ether oxygens (including phenoxy) is 3. The highest BCUT2D eigenvalue weighted by atomic mass is 32.2. The zero-order valence-corrected chi connectivity index (χ0v) is 36.0. The van der Waals surface area contributed by atoms with Crippen molar-refractivity contribution in [2.75, 3.05) is 13.7 Å². The first-order chi connectivity index (χ1) is 28.8. The van der Waals surface area contributed by atoms with Crippen molar-refractivity contribution in [1.82, 2.24) is 25.2 Å². The van der Waals surface area contributed by atoms with E-state index in [4.69, 9.17) is 19.2 Å². The molecule has 4 amide bonds. The lowest BCUT2D eigenvalue weighted by Crippen LogP contribution is -2.60. The zero-order valence-electron chi connectivity index (χ0n) is 35.2. The van der Waals surface area contributed by atoms with Crippen molar-refractivity contribution in [2.45, 2.75) is 94.8 Å². The Balaban J connectivity index is 1.33. The SMILES string of the molecule is C=C1C[C@]1(NC(=O)[C@@H]1C[C@@H](Oc2cc(-c3ccccc3)nc3cc(OC)ccc23)CN1C(=O)[C@@H](NC(=O)OC(C)(C)C)C(C)(C)C)C(=O)NS(=O)(=O)c1cccc(C(F)(F)F)c1. The molecule has 2 aliphatic rings. The molecular weight excluding hydrogens is 832 g/mol. The van der Waals surface area contributed by atoms with Crippen LogP contribution in [0.1, 0.15) is 59.9 Å². The number of carbonyl (C=O) groups excluding carboxylic acids is 4. The van der Waals surface area contributed by atoms with Gasteiger partial charge in [-0.2, -0.15) is 13.2 Å². The van der Waals surface area contributed by atoms with Gasteiger partial charge in [0.05, 0.1) is 35.3 Å². The summed E-state index contributed by atoms with van der Waals surface area (Å²) in [6, 6.07) is 16.6. The Morgan fingerprint density at radius 3 is 2.21 bits per heavy atom. The van der Waals surface area contributed by atoms with Crippen LogP contribution in [0.15, 0.2) is 95.9 Å². The Morgan fingerprint density at radius 1 is 0.935 bits per heavy atom. The average molecular weight is 880 g/mol. The number of nitrogens with one attached hydrogen (secondary N) is 3. The van der Waals surface area contributed by atoms with E-state index in [-0.39, 0.29) is 25.0 Å². The maximum absolute atomic E-state index is 14.7. The molecule has 1 saturated carbocycles. The Bertz CT molecular complexity index is 2540. The van der Waals surface area contributed by atoms with E-state index in [9.17, 15) is 40.8 Å². The number of sulfonamides is 1. The van der Waals surface area contributed by atoms with E-state index in [0.717, 1.165) is 17.7 Å². The molecule has 6 rings (SSSR count). The van der Waals surface area contributed by atoms with Gasteiger partial charge in [0.2, 0.25) is 11.8 Å². The molecular formula is C44H48F3N5O9S. The number of benzene rings is 3. The summed E-state index contributed by atoms with van der Waals surface area (Å²) in [5.41, 5.74) is -3.07. The van der Waals surface area contributed by atoms with Gasteiger partial charge < -0.3 is 29.7 Å². The fourth-order valence-electron chi connectivity index (χ4n) is 7.06. The second kappa shape index (κ2) is 16.6. The fourth-order valence-corrected chi connectivity index (χ4v) is 8.14. The van der Waals surface area contributed by atoms with Crippen LogP contribution in [0.4, 0.5) is 18.0 Å². The molecule has 2 heterocycles. The predicted molar refractivity (Wildman–Crippen MR) is 222 cm³/mol. The molecule has 330 valence electrons. The van der Waals surface area contributed by atoms with Gasteiger partial charge in [-0.3, -0.25) is 14.4 Å². The van der Waals surface area contributed by atoms with Crippen LogP contribution in [-0.2, 0) is 35.3 Å². The van der Waals surface area contributed by atoms with Gasteiger partial charge in [0, 0.05) is 35.9 Å². The molecule has 62 heavy (non-hydrogen) atoms. The first-order valence-corrected chi connectivity index (χ1v) is 21.1. The van der Waals surface area contributed by atoms with E-state index < -0.39 is 85.2 Å². The second-order valence-electron chi connectivity index (χ2n) is 17.3. The van der Waals surface area contributed by atoms with Crippen LogP contribution >= 0.6 is 0 Å². The van der Waals surface area contributed by atoms with E-state index in [1.165, 1.54) is 12.0 Å². The normalized spacial score (nSPS) is 19.6. The number of alkyl halides is 3. The highest BCUT2D eigenvalue weighted by Crippen LogP contribution is 2.43. The number of methoxy groups -OCH3 is 1. The topological polar surface area (TPSA) is 182 Å². The molecule has 3 aromatic carbocycles. The van der Waals surface area contributed by atoms with E-state index in [0.29, 0.717) is 40.2 Å². The highest BCUT2D eigenvalue weighted by Gasteiger charge is 2.58. The number of likely N-dealkylation sites (tertiary alicyclic amines) is 1. The number of carbonyl (C=O) groups is 4. The number of aromatic nitrogens is 1. The number of hydrogen-bond acceptors (Lipinski definition) is 10. The van der Waals surface area contributed by atoms with Crippen LogP contribution in [0.2, 0.25) is 0 Å². The molecule has 0 unspecified atom stereocenters. The van der Waals surface area contributed by atoms with Crippen molar-refractivity contribution >= 4 is 44.7 Å². The molecule has 4 atom stereocenters. The maximum Gasteiger partial charge on any atom is 0.416 e. The Kier molecular flexibility index (Phi) is 12.1. The van der Waals surface area contributed by atoms with E-state index in [2.05, 4.69) is 17.2 Å². The van der Waals surface area contributed by atoms with Crippen LogP contribution < -0.4 is 24.8 Å². The number of nitrogens with zero attached hydrogens (tertiary/aromatic N) is 2. The monoisotopic (exact) mass is 879 g/mol. The van der Waals surface area contributed by atoms with Gasteiger partial charge in [-0.25, -0.2) is 22.9 Å². The van der Waals surface area contributed by atoms with Crippen molar-refractivity contribution in [1.29, 1.82) is 0 Å². The minimum absolute atomic E-state index is 0.109. The van der Waals surface area contributed by atoms with Crippen molar-refractivity contribution in [2.24, 2.45) is 5.41 Å². The summed E-state index contributed by atoms with van der Waals surface area (Å²) < 4.78 is 86.0. The third-order valence-electron chi connectivity index (χ3n) is 10.3. The molecule has 0 bridgehead atoms. The standard InChI is InChI=1S/C44H48F3N5O9S/c1-25-23-43(25,39(55)51-62(57,58)30-16-12-15-27(19-30)44(45,46)47)50-37(53)34-21-29(24-52(34)38(54)36(41(2,3)4)49-40(56)61-42(5,6)7)60-35-22-32(26-13-10-9-11-14-26)48-33-20-28(59-8)17-18-31(33)35/h9-20,22,29,34,36H,1,21,23-24H2,2-8H3,(H,49,56)(H,50,53)(H,51,55)/t29-,34+,36-,43-/m1/s1. The number of amides is 4. The minimum atomic E-state index is -4.87. The third-order valence-corrected chi connectivity index (χ3v) is 11.7. The van der Waals surface area contributed by atoms with Crippen LogP contribution in [0, 0.1) is 5.41 Å². The molecule has 1 aliphatic heterocycles. The molecule has 4 aromatic rings. The van der Waals surface area contributed by atoms with Crippen molar-refractivity contribution < 1.29 is 55.0 Å². The van der Waals surface area contributed by atoms with Crippen molar-refractivity contribution in [3.63, 3.8) is 0 Å². The van der Waals surface area contributed by atoms with Crippen molar-refractivity contribution in [3.8, 4) is 22.8 Å². The molecule has 1 saturated heterocycles. The smallest absolute Gasteiger partial charge is 0.416 e. The fraction of sp³-hybridized carbons (Fsp3) is 0.386. The molecule has 2 fully saturated rings. The van der Waals surface area contributed by atoms with Gasteiger partial charge in [0.15, 0.2) is 0 Å². The van der Waals surface area contributed by atoms with Crippen LogP contribution in [0.5, 0.6) is 11.5 Å². The van der Waals surface area contributed by atoms with Gasteiger partial charge in [-0.05, 0) is 62.1 Å². The first-order valence-electron chi connectivity index (χ1n) is 19.6. The molecule has 3 N–H and O–H groups in total. The third kappa shape index (κ3) is 9.96. The van der Waals surface area contributed by atoms with E-state index >= 15 is 0 Å². The van der Waals surface area contributed by atoms with Gasteiger partial charge in [-0.1, -0.05) is 63.7 Å². The summed E-state index contributed by atoms with van der Waals surface area (Å²) in [7, 11) is -3.35. The molecule has 1 aliphatic carbocycles. The summed E-state index contributed by atoms with van der Waals surface area (Å²) >= 11 is 0. The Morgan fingerprint density at radius 2 is 1.61 bits per heavy atom. The summed E-state index contributed by atoms with van der Waals surface area (Å²) in [5, 5.41) is 5.83. The predicted octanol–water partition coefficient (Wildman–Crippen LogP) is 6.54. The van der Waals surface area contributed by atoms with Crippen LogP contribution in [0.3, 0.4) is 0 Å². The molecule has 14 nitrogen and oxygen atoms in total. The first kappa shape index (κ1) is 45.4. The Labute approximate surface area is 357 Å². The summed E-state index contributed by atoms with van der Waals surface area (Å²) in [6.45, 7) is 13.7. The number of pyridine rings is 1. The largest absolute Gasteiger partial charge is 0.497 e. The van der Waals surface area contributed by atoms with Gasteiger partial charge in [0.1, 0.15) is 40.8 Å². The number of hydrogen-bond donors (Lipinski definition) is 3. The lowest BCUT2D eigenvalue weighted by molar-refractivity contribution is -0.142. The number of rotatable bonds is 11. The van der Waals surface area contributed by atoms with E-state index in [1.807, 2.05) is 30.3 Å². The van der Waals surface area contributed by atoms with E-state index in [1.54, 1.807) is 70.5 Å². The summed E-state index contributed by atoms with van der Waals surface area (Å²) in [6.07, 6.45) is -6.94. The van der Waals surface area contributed by atoms with Crippen LogP contribution in [0.25, 0.3) is 22.2 Å². The zero-order chi connectivity index (χ0) is 45.6. The van der Waals surface area contributed by atoms with Crippen molar-refractivity contribution in [3.05, 3.63) is 96.6 Å². The average Bonchev–Trinajstić information content (AvgIpc) is 3.64. The highest BCUT2D eigenvalue weighted by molar-refractivity contribution is 7.90. The quantitative estimate of drug-likeness (QED) is 0.140. The second-order valence-corrected chi connectivity index (χ2v) is 19.0. The van der Waals surface area contributed by atoms with Crippen LogP contribution in [-0.4, -0.2) is 85.1 Å². The Hall–Kier alpha value is -6.17. The maximum atomic E-state index is 14.7. The number of halogens is 3. The van der Waals surface area contributed by atoms with Gasteiger partial charge >= 0.3 is 12.3 Å².